The number of aliphatic hydroxyl groups is 1. The van der Waals surface area contributed by atoms with Gasteiger partial charge in [0.25, 0.3) is 0 Å². The molecule has 0 aliphatic carbocycles. The van der Waals surface area contributed by atoms with Crippen molar-refractivity contribution in [2.45, 2.75) is 20.0 Å². The Morgan fingerprint density at radius 2 is 2.15 bits per heavy atom. The lowest BCUT2D eigenvalue weighted by atomic mass is 10.1. The van der Waals surface area contributed by atoms with Gasteiger partial charge < -0.3 is 15.3 Å². The Labute approximate surface area is 125 Å². The van der Waals surface area contributed by atoms with E-state index in [1.807, 2.05) is 37.9 Å². The van der Waals surface area contributed by atoms with E-state index in [1.54, 1.807) is 12.1 Å². The van der Waals surface area contributed by atoms with Crippen LogP contribution < -0.4 is 5.32 Å². The highest BCUT2D eigenvalue weighted by Gasteiger charge is 2.11. The van der Waals surface area contributed by atoms with Crippen molar-refractivity contribution < 1.29 is 9.90 Å². The van der Waals surface area contributed by atoms with Crippen LogP contribution in [-0.4, -0.2) is 42.6 Å². The van der Waals surface area contributed by atoms with Gasteiger partial charge in [-0.25, -0.2) is 0 Å². The van der Waals surface area contributed by atoms with Gasteiger partial charge in [0.15, 0.2) is 0 Å². The largest absolute Gasteiger partial charge is 0.387 e. The molecule has 20 heavy (non-hydrogen) atoms. The molecule has 4 nitrogen and oxygen atoms in total. The molecule has 0 radical (unpaired) electrons. The number of nitrogens with zero attached hydrogens (tertiary/aromatic N) is 1. The maximum Gasteiger partial charge on any atom is 0.222 e. The highest BCUT2D eigenvalue weighted by Crippen LogP contribution is 2.18. The summed E-state index contributed by atoms with van der Waals surface area (Å²) in [7, 11) is 1.91. The number of benzene rings is 1. The number of hydrogen-bond donors (Lipinski definition) is 2. The number of amides is 1. The van der Waals surface area contributed by atoms with Gasteiger partial charge in [-0.3, -0.25) is 4.79 Å². The number of carbonyl (C=O) groups is 1. The molecule has 0 fully saturated rings. The van der Waals surface area contributed by atoms with Crippen LogP contribution >= 0.6 is 11.6 Å². The summed E-state index contributed by atoms with van der Waals surface area (Å²) in [6.45, 7) is 5.49. The Hall–Kier alpha value is -1.10. The van der Waals surface area contributed by atoms with Crippen LogP contribution in [0.4, 0.5) is 0 Å². The van der Waals surface area contributed by atoms with Gasteiger partial charge in [0.1, 0.15) is 0 Å². The molecule has 1 rings (SSSR count). The molecular weight excluding hydrogens is 276 g/mol. The average molecular weight is 299 g/mol. The van der Waals surface area contributed by atoms with E-state index in [2.05, 4.69) is 5.32 Å². The van der Waals surface area contributed by atoms with Crippen molar-refractivity contribution in [2.24, 2.45) is 5.92 Å². The number of carbonyl (C=O) groups excluding carboxylic acids is 1. The predicted octanol–water partition coefficient (Wildman–Crippen LogP) is 2.08. The molecular formula is C15H23ClN2O2. The summed E-state index contributed by atoms with van der Waals surface area (Å²) in [6, 6.07) is 7.22. The third kappa shape index (κ3) is 5.90. The normalized spacial score (nSPS) is 12.8. The molecule has 0 aliphatic heterocycles. The molecule has 0 saturated carbocycles. The van der Waals surface area contributed by atoms with E-state index in [9.17, 15) is 9.90 Å². The number of nitrogens with one attached hydrogen (secondary N) is 1. The van der Waals surface area contributed by atoms with Crippen LogP contribution in [0.25, 0.3) is 0 Å². The average Bonchev–Trinajstić information content (AvgIpc) is 2.38. The lowest BCUT2D eigenvalue weighted by molar-refractivity contribution is -0.124. The molecule has 0 aliphatic rings. The molecule has 112 valence electrons. The molecule has 0 saturated heterocycles. The zero-order valence-electron chi connectivity index (χ0n) is 12.3. The molecule has 1 atom stereocenters. The van der Waals surface area contributed by atoms with Gasteiger partial charge in [-0.15, -0.1) is 0 Å². The second-order valence-electron chi connectivity index (χ2n) is 5.28. The summed E-state index contributed by atoms with van der Waals surface area (Å²) < 4.78 is 0. The maximum absolute atomic E-state index is 11.4. The molecule has 5 heteroatoms. The van der Waals surface area contributed by atoms with Crippen LogP contribution in [0, 0.1) is 5.92 Å². The van der Waals surface area contributed by atoms with Gasteiger partial charge in [-0.2, -0.15) is 0 Å². The number of halogens is 1. The Bertz CT molecular complexity index is 438. The first-order valence-electron chi connectivity index (χ1n) is 6.80. The van der Waals surface area contributed by atoms with Crippen LogP contribution in [0.1, 0.15) is 25.5 Å². The molecule has 1 unspecified atom stereocenters. The summed E-state index contributed by atoms with van der Waals surface area (Å²) in [5, 5.41) is 13.6. The lowest BCUT2D eigenvalue weighted by Gasteiger charge is -2.21. The van der Waals surface area contributed by atoms with Crippen LogP contribution in [-0.2, 0) is 4.79 Å². The van der Waals surface area contributed by atoms with E-state index in [0.717, 1.165) is 5.56 Å². The third-order valence-electron chi connectivity index (χ3n) is 3.04. The van der Waals surface area contributed by atoms with Crippen molar-refractivity contribution in [2.75, 3.05) is 26.7 Å². The summed E-state index contributed by atoms with van der Waals surface area (Å²) in [5.41, 5.74) is 0.801. The second-order valence-corrected chi connectivity index (χ2v) is 5.72. The fourth-order valence-corrected chi connectivity index (χ4v) is 1.98. The van der Waals surface area contributed by atoms with E-state index in [4.69, 9.17) is 11.6 Å². The molecule has 1 aromatic rings. The van der Waals surface area contributed by atoms with Crippen molar-refractivity contribution in [1.82, 2.24) is 10.2 Å². The SMILES string of the molecule is CC(C)C(=O)NCCN(C)CC(O)c1cccc(Cl)c1. The zero-order chi connectivity index (χ0) is 15.1. The Kier molecular flexibility index (Phi) is 6.99. The molecule has 1 aromatic carbocycles. The molecule has 2 N–H and O–H groups in total. The van der Waals surface area contributed by atoms with Crippen molar-refractivity contribution in [3.63, 3.8) is 0 Å². The highest BCUT2D eigenvalue weighted by molar-refractivity contribution is 6.30. The molecule has 0 aromatic heterocycles. The van der Waals surface area contributed by atoms with Crippen LogP contribution in [0.3, 0.4) is 0 Å². The topological polar surface area (TPSA) is 52.6 Å². The number of rotatable bonds is 7. The third-order valence-corrected chi connectivity index (χ3v) is 3.27. The first-order chi connectivity index (χ1) is 9.40. The van der Waals surface area contributed by atoms with Crippen LogP contribution in [0.15, 0.2) is 24.3 Å². The van der Waals surface area contributed by atoms with E-state index < -0.39 is 6.10 Å². The summed E-state index contributed by atoms with van der Waals surface area (Å²) in [5.74, 6) is 0.0474. The second kappa shape index (κ2) is 8.25. The number of aliphatic hydroxyl groups excluding tert-OH is 1. The van der Waals surface area contributed by atoms with Gasteiger partial charge in [-0.1, -0.05) is 37.6 Å². The molecule has 1 amide bonds. The minimum absolute atomic E-state index is 0.00245. The van der Waals surface area contributed by atoms with E-state index in [0.29, 0.717) is 24.7 Å². The van der Waals surface area contributed by atoms with Crippen LogP contribution in [0.2, 0.25) is 5.02 Å². The van der Waals surface area contributed by atoms with Gasteiger partial charge in [0, 0.05) is 30.6 Å². The fourth-order valence-electron chi connectivity index (χ4n) is 1.78. The minimum Gasteiger partial charge on any atom is -0.387 e. The molecule has 0 heterocycles. The zero-order valence-corrected chi connectivity index (χ0v) is 13.0. The summed E-state index contributed by atoms with van der Waals surface area (Å²) in [4.78, 5) is 13.4. The van der Waals surface area contributed by atoms with Gasteiger partial charge in [0.2, 0.25) is 5.91 Å². The fraction of sp³-hybridized carbons (Fsp3) is 0.533. The van der Waals surface area contributed by atoms with Crippen molar-refractivity contribution in [3.05, 3.63) is 34.9 Å². The summed E-state index contributed by atoms with van der Waals surface area (Å²) in [6.07, 6.45) is -0.584. The molecule has 0 spiro atoms. The Morgan fingerprint density at radius 3 is 2.75 bits per heavy atom. The van der Waals surface area contributed by atoms with Gasteiger partial charge in [-0.05, 0) is 24.7 Å². The minimum atomic E-state index is -0.584. The monoisotopic (exact) mass is 298 g/mol. The van der Waals surface area contributed by atoms with E-state index in [-0.39, 0.29) is 11.8 Å². The quantitative estimate of drug-likeness (QED) is 0.810. The smallest absolute Gasteiger partial charge is 0.222 e. The Morgan fingerprint density at radius 1 is 1.45 bits per heavy atom. The summed E-state index contributed by atoms with van der Waals surface area (Å²) >= 11 is 5.90. The number of likely N-dealkylation sites (N-methyl/N-ethyl adjacent to an activating group) is 1. The van der Waals surface area contributed by atoms with E-state index in [1.165, 1.54) is 0 Å². The number of hydrogen-bond acceptors (Lipinski definition) is 3. The Balaban J connectivity index is 2.35. The van der Waals surface area contributed by atoms with Crippen molar-refractivity contribution in [3.8, 4) is 0 Å². The maximum atomic E-state index is 11.4. The lowest BCUT2D eigenvalue weighted by Crippen LogP contribution is -2.36. The van der Waals surface area contributed by atoms with Crippen LogP contribution in [0.5, 0.6) is 0 Å². The van der Waals surface area contributed by atoms with Gasteiger partial charge in [0.05, 0.1) is 6.10 Å². The first kappa shape index (κ1) is 17.0. The van der Waals surface area contributed by atoms with Crippen molar-refractivity contribution >= 4 is 17.5 Å². The molecule has 0 bridgehead atoms. The van der Waals surface area contributed by atoms with Gasteiger partial charge >= 0.3 is 0 Å². The highest BCUT2D eigenvalue weighted by atomic mass is 35.5. The first-order valence-corrected chi connectivity index (χ1v) is 7.17. The van der Waals surface area contributed by atoms with E-state index >= 15 is 0 Å². The predicted molar refractivity (Wildman–Crippen MR) is 81.8 cm³/mol. The van der Waals surface area contributed by atoms with Crippen molar-refractivity contribution in [1.29, 1.82) is 0 Å². The standard InChI is InChI=1S/C15H23ClN2O2/c1-11(2)15(20)17-7-8-18(3)10-14(19)12-5-4-6-13(16)9-12/h4-6,9,11,14,19H,7-8,10H2,1-3H3,(H,17,20).